The van der Waals surface area contributed by atoms with Gasteiger partial charge in [0, 0.05) is 6.04 Å². The standard InChI is InChI=1S/C7H12ClN3O/c1-5-7(8)2-10-11(5)3-6(9)4-12/h2,6,12H,3-4,9H2,1H3. The summed E-state index contributed by atoms with van der Waals surface area (Å²) in [4.78, 5) is 0. The molecule has 0 saturated carbocycles. The highest BCUT2D eigenvalue weighted by molar-refractivity contribution is 6.31. The molecule has 0 fully saturated rings. The van der Waals surface area contributed by atoms with Crippen LogP contribution in [0.4, 0.5) is 0 Å². The monoisotopic (exact) mass is 189 g/mol. The van der Waals surface area contributed by atoms with Crippen molar-refractivity contribution in [3.05, 3.63) is 16.9 Å². The lowest BCUT2D eigenvalue weighted by atomic mass is 10.3. The number of halogens is 1. The molecule has 1 unspecified atom stereocenters. The Bertz CT molecular complexity index is 261. The number of rotatable bonds is 3. The minimum Gasteiger partial charge on any atom is -0.395 e. The molecule has 0 saturated heterocycles. The van der Waals surface area contributed by atoms with Gasteiger partial charge in [0.1, 0.15) is 0 Å². The van der Waals surface area contributed by atoms with Crippen molar-refractivity contribution in [1.82, 2.24) is 9.78 Å². The highest BCUT2D eigenvalue weighted by Crippen LogP contribution is 2.12. The first-order valence-electron chi connectivity index (χ1n) is 3.69. The molecule has 0 aliphatic heterocycles. The third kappa shape index (κ3) is 1.97. The molecule has 3 N–H and O–H groups in total. The molecule has 1 atom stereocenters. The molecule has 0 bridgehead atoms. The van der Waals surface area contributed by atoms with Crippen LogP contribution in [0.25, 0.3) is 0 Å². The molecule has 5 heteroatoms. The lowest BCUT2D eigenvalue weighted by Crippen LogP contribution is -2.30. The average molecular weight is 190 g/mol. The lowest BCUT2D eigenvalue weighted by molar-refractivity contribution is 0.250. The van der Waals surface area contributed by atoms with Crippen molar-refractivity contribution >= 4 is 11.6 Å². The molecule has 0 aliphatic carbocycles. The number of nitrogens with zero attached hydrogens (tertiary/aromatic N) is 2. The third-order valence-electron chi connectivity index (χ3n) is 1.69. The quantitative estimate of drug-likeness (QED) is 0.712. The van der Waals surface area contributed by atoms with Crippen LogP contribution >= 0.6 is 11.6 Å². The fourth-order valence-corrected chi connectivity index (χ4v) is 1.03. The van der Waals surface area contributed by atoms with Crippen molar-refractivity contribution in [2.75, 3.05) is 6.61 Å². The predicted molar refractivity (Wildman–Crippen MR) is 47.0 cm³/mol. The van der Waals surface area contributed by atoms with Gasteiger partial charge in [-0.1, -0.05) is 11.6 Å². The van der Waals surface area contributed by atoms with Crippen LogP contribution in [0.2, 0.25) is 5.02 Å². The smallest absolute Gasteiger partial charge is 0.0814 e. The van der Waals surface area contributed by atoms with E-state index in [9.17, 15) is 0 Å². The molecule has 0 aromatic carbocycles. The Hall–Kier alpha value is -0.580. The van der Waals surface area contributed by atoms with Gasteiger partial charge in [-0.2, -0.15) is 5.10 Å². The normalized spacial score (nSPS) is 13.3. The summed E-state index contributed by atoms with van der Waals surface area (Å²) in [5.41, 5.74) is 6.40. The number of aromatic nitrogens is 2. The highest BCUT2D eigenvalue weighted by atomic mass is 35.5. The molecule has 1 aromatic rings. The SMILES string of the molecule is Cc1c(Cl)cnn1CC(N)CO. The summed E-state index contributed by atoms with van der Waals surface area (Å²) in [6.07, 6.45) is 1.57. The molecule has 1 aromatic heterocycles. The summed E-state index contributed by atoms with van der Waals surface area (Å²) in [7, 11) is 0. The van der Waals surface area contributed by atoms with E-state index >= 15 is 0 Å². The molecule has 0 radical (unpaired) electrons. The topological polar surface area (TPSA) is 64.1 Å². The fourth-order valence-electron chi connectivity index (χ4n) is 0.888. The maximum Gasteiger partial charge on any atom is 0.0814 e. The Kier molecular flexibility index (Phi) is 3.08. The average Bonchev–Trinajstić information content (AvgIpc) is 2.36. The number of nitrogens with two attached hydrogens (primary N) is 1. The van der Waals surface area contributed by atoms with Crippen molar-refractivity contribution in [3.8, 4) is 0 Å². The molecule has 0 amide bonds. The van der Waals surface area contributed by atoms with Gasteiger partial charge in [-0.3, -0.25) is 4.68 Å². The Balaban J connectivity index is 2.69. The zero-order valence-corrected chi connectivity index (χ0v) is 7.62. The Morgan fingerprint density at radius 1 is 1.83 bits per heavy atom. The number of aliphatic hydroxyl groups excluding tert-OH is 1. The van der Waals surface area contributed by atoms with Crippen molar-refractivity contribution in [2.24, 2.45) is 5.73 Å². The fraction of sp³-hybridized carbons (Fsp3) is 0.571. The second kappa shape index (κ2) is 3.89. The molecular weight excluding hydrogens is 178 g/mol. The van der Waals surface area contributed by atoms with Crippen molar-refractivity contribution in [3.63, 3.8) is 0 Å². The van der Waals surface area contributed by atoms with Crippen LogP contribution in [-0.4, -0.2) is 27.5 Å². The van der Waals surface area contributed by atoms with E-state index in [1.807, 2.05) is 6.92 Å². The zero-order valence-electron chi connectivity index (χ0n) is 6.87. The molecule has 1 heterocycles. The Morgan fingerprint density at radius 2 is 2.50 bits per heavy atom. The largest absolute Gasteiger partial charge is 0.395 e. The van der Waals surface area contributed by atoms with E-state index in [1.54, 1.807) is 10.9 Å². The van der Waals surface area contributed by atoms with Crippen LogP contribution in [0.15, 0.2) is 6.20 Å². The number of aliphatic hydroxyl groups is 1. The van der Waals surface area contributed by atoms with E-state index < -0.39 is 0 Å². The van der Waals surface area contributed by atoms with Crippen LogP contribution in [0.3, 0.4) is 0 Å². The minimum atomic E-state index is -0.278. The van der Waals surface area contributed by atoms with Crippen LogP contribution in [0, 0.1) is 6.92 Å². The summed E-state index contributed by atoms with van der Waals surface area (Å²) >= 11 is 5.77. The van der Waals surface area contributed by atoms with Crippen LogP contribution in [0.5, 0.6) is 0 Å². The van der Waals surface area contributed by atoms with Gasteiger partial charge in [0.15, 0.2) is 0 Å². The predicted octanol–water partition coefficient (Wildman–Crippen LogP) is 0.165. The van der Waals surface area contributed by atoms with Crippen molar-refractivity contribution in [2.45, 2.75) is 19.5 Å². The van der Waals surface area contributed by atoms with Crippen LogP contribution in [0.1, 0.15) is 5.69 Å². The molecule has 1 rings (SSSR count). The van der Waals surface area contributed by atoms with Crippen molar-refractivity contribution < 1.29 is 5.11 Å². The number of hydrogen-bond donors (Lipinski definition) is 2. The lowest BCUT2D eigenvalue weighted by Gasteiger charge is -2.09. The van der Waals surface area contributed by atoms with Gasteiger partial charge in [-0.25, -0.2) is 0 Å². The summed E-state index contributed by atoms with van der Waals surface area (Å²) < 4.78 is 1.68. The first-order chi connectivity index (χ1) is 5.65. The van der Waals surface area contributed by atoms with E-state index in [-0.39, 0.29) is 12.6 Å². The molecule has 0 aliphatic rings. The van der Waals surface area contributed by atoms with E-state index in [4.69, 9.17) is 22.4 Å². The van der Waals surface area contributed by atoms with Gasteiger partial charge < -0.3 is 10.8 Å². The number of hydrogen-bond acceptors (Lipinski definition) is 3. The van der Waals surface area contributed by atoms with E-state index in [0.717, 1.165) is 5.69 Å². The Labute approximate surface area is 75.9 Å². The zero-order chi connectivity index (χ0) is 9.14. The van der Waals surface area contributed by atoms with Crippen molar-refractivity contribution in [1.29, 1.82) is 0 Å². The summed E-state index contributed by atoms with van der Waals surface area (Å²) in [6.45, 7) is 2.31. The van der Waals surface area contributed by atoms with Gasteiger partial charge in [0.25, 0.3) is 0 Å². The summed E-state index contributed by atoms with van der Waals surface area (Å²) in [5.74, 6) is 0. The van der Waals surface area contributed by atoms with Gasteiger partial charge >= 0.3 is 0 Å². The van der Waals surface area contributed by atoms with Crippen LogP contribution in [-0.2, 0) is 6.54 Å². The molecule has 68 valence electrons. The molecular formula is C7H12ClN3O. The Morgan fingerprint density at radius 3 is 2.92 bits per heavy atom. The molecule has 12 heavy (non-hydrogen) atoms. The van der Waals surface area contributed by atoms with E-state index in [1.165, 1.54) is 0 Å². The third-order valence-corrected chi connectivity index (χ3v) is 2.06. The highest BCUT2D eigenvalue weighted by Gasteiger charge is 2.07. The second-order valence-electron chi connectivity index (χ2n) is 2.70. The second-order valence-corrected chi connectivity index (χ2v) is 3.11. The first kappa shape index (κ1) is 9.51. The summed E-state index contributed by atoms with van der Waals surface area (Å²) in [5, 5.41) is 13.3. The first-order valence-corrected chi connectivity index (χ1v) is 4.07. The maximum atomic E-state index is 8.69. The van der Waals surface area contributed by atoms with Gasteiger partial charge in [0.05, 0.1) is 30.1 Å². The minimum absolute atomic E-state index is 0.0447. The van der Waals surface area contributed by atoms with Gasteiger partial charge in [-0.05, 0) is 6.92 Å². The molecule has 0 spiro atoms. The van der Waals surface area contributed by atoms with E-state index in [2.05, 4.69) is 5.10 Å². The summed E-state index contributed by atoms with van der Waals surface area (Å²) in [6, 6.07) is -0.278. The van der Waals surface area contributed by atoms with Crippen LogP contribution < -0.4 is 5.73 Å². The van der Waals surface area contributed by atoms with Gasteiger partial charge in [0.2, 0.25) is 0 Å². The van der Waals surface area contributed by atoms with Gasteiger partial charge in [-0.15, -0.1) is 0 Å². The maximum absolute atomic E-state index is 8.69. The van der Waals surface area contributed by atoms with E-state index in [0.29, 0.717) is 11.6 Å². The molecule has 4 nitrogen and oxygen atoms in total.